The molecule has 0 amide bonds. The van der Waals surface area contributed by atoms with Crippen LogP contribution in [0.2, 0.25) is 0 Å². The summed E-state index contributed by atoms with van der Waals surface area (Å²) in [5, 5.41) is 0. The predicted molar refractivity (Wildman–Crippen MR) is 57.8 cm³/mol. The standard InChI is InChI=1S/C10H21NSe/c1-4-7-8-9-10(12)11(5-2)6-3/h4-9H2,1-3H3. The van der Waals surface area contributed by atoms with Crippen LogP contribution in [0.1, 0.15) is 46.5 Å². The molecule has 0 bridgehead atoms. The van der Waals surface area contributed by atoms with E-state index >= 15 is 0 Å². The summed E-state index contributed by atoms with van der Waals surface area (Å²) in [6.07, 6.45) is 5.23. The van der Waals surface area contributed by atoms with Gasteiger partial charge in [0, 0.05) is 0 Å². The zero-order valence-electron chi connectivity index (χ0n) is 8.60. The zero-order chi connectivity index (χ0) is 9.40. The predicted octanol–water partition coefficient (Wildman–Crippen LogP) is 2.21. The zero-order valence-corrected chi connectivity index (χ0v) is 10.3. The van der Waals surface area contributed by atoms with Crippen molar-refractivity contribution < 1.29 is 0 Å². The van der Waals surface area contributed by atoms with Gasteiger partial charge < -0.3 is 0 Å². The molecule has 0 aliphatic carbocycles. The van der Waals surface area contributed by atoms with E-state index in [4.69, 9.17) is 0 Å². The summed E-state index contributed by atoms with van der Waals surface area (Å²) in [5.74, 6) is 0. The molecule has 0 saturated heterocycles. The average molecular weight is 234 g/mol. The fourth-order valence-corrected chi connectivity index (χ4v) is 2.11. The van der Waals surface area contributed by atoms with Crippen LogP contribution in [0.25, 0.3) is 0 Å². The first-order valence-corrected chi connectivity index (χ1v) is 5.89. The Hall–Kier alpha value is 0.189. The first kappa shape index (κ1) is 12.2. The Morgan fingerprint density at radius 2 is 1.67 bits per heavy atom. The molecule has 2 heteroatoms. The number of hydrogen-bond donors (Lipinski definition) is 0. The molecule has 0 atom stereocenters. The minimum absolute atomic E-state index is 1.13. The first-order valence-electron chi connectivity index (χ1n) is 5.04. The van der Waals surface area contributed by atoms with Gasteiger partial charge in [-0.15, -0.1) is 0 Å². The van der Waals surface area contributed by atoms with Crippen LogP contribution in [0.4, 0.5) is 0 Å². The van der Waals surface area contributed by atoms with Gasteiger partial charge in [-0.25, -0.2) is 0 Å². The topological polar surface area (TPSA) is 3.24 Å². The van der Waals surface area contributed by atoms with Crippen LogP contribution in [0.15, 0.2) is 0 Å². The van der Waals surface area contributed by atoms with E-state index < -0.39 is 0 Å². The van der Waals surface area contributed by atoms with Crippen molar-refractivity contribution >= 4 is 20.1 Å². The summed E-state index contributed by atoms with van der Waals surface area (Å²) in [7, 11) is 0. The maximum atomic E-state index is 3.18. The van der Waals surface area contributed by atoms with Gasteiger partial charge in [-0.2, -0.15) is 0 Å². The number of hydrogen-bond acceptors (Lipinski definition) is 1. The molecule has 0 rings (SSSR count). The minimum atomic E-state index is 1.13. The second-order valence-corrected chi connectivity index (χ2v) is 4.01. The maximum absolute atomic E-state index is 3.18. The van der Waals surface area contributed by atoms with Crippen molar-refractivity contribution in [2.24, 2.45) is 0 Å². The van der Waals surface area contributed by atoms with E-state index in [0.29, 0.717) is 0 Å². The van der Waals surface area contributed by atoms with E-state index in [1.54, 1.807) is 0 Å². The van der Waals surface area contributed by atoms with Gasteiger partial charge in [-0.1, -0.05) is 0 Å². The molecule has 0 fully saturated rings. The van der Waals surface area contributed by atoms with Crippen LogP contribution >= 0.6 is 0 Å². The van der Waals surface area contributed by atoms with Gasteiger partial charge in [0.05, 0.1) is 0 Å². The van der Waals surface area contributed by atoms with Crippen LogP contribution in [0.5, 0.6) is 0 Å². The third-order valence-electron chi connectivity index (χ3n) is 2.11. The van der Waals surface area contributed by atoms with Gasteiger partial charge in [0.1, 0.15) is 0 Å². The summed E-state index contributed by atoms with van der Waals surface area (Å²) in [4.78, 5) is 2.40. The van der Waals surface area contributed by atoms with Crippen molar-refractivity contribution in [1.29, 1.82) is 0 Å². The van der Waals surface area contributed by atoms with Gasteiger partial charge in [0.2, 0.25) is 0 Å². The van der Waals surface area contributed by atoms with Crippen molar-refractivity contribution in [3.05, 3.63) is 0 Å². The van der Waals surface area contributed by atoms with Crippen molar-refractivity contribution in [3.8, 4) is 0 Å². The third-order valence-corrected chi connectivity index (χ3v) is 3.08. The normalized spacial score (nSPS) is 9.92. The van der Waals surface area contributed by atoms with Gasteiger partial charge in [-0.3, -0.25) is 0 Å². The molecular weight excluding hydrogens is 213 g/mol. The molecule has 0 N–H and O–H groups in total. The van der Waals surface area contributed by atoms with Crippen LogP contribution in [0, 0.1) is 0 Å². The van der Waals surface area contributed by atoms with E-state index in [1.165, 1.54) is 30.2 Å². The van der Waals surface area contributed by atoms with Gasteiger partial charge in [0.15, 0.2) is 0 Å². The number of unbranched alkanes of at least 4 members (excludes halogenated alkanes) is 2. The summed E-state index contributed by atoms with van der Waals surface area (Å²) < 4.78 is 1.44. The van der Waals surface area contributed by atoms with Crippen molar-refractivity contribution in [1.82, 2.24) is 4.90 Å². The Kier molecular flexibility index (Phi) is 7.94. The molecule has 0 radical (unpaired) electrons. The molecular formula is C10H21NSe. The second kappa shape index (κ2) is 7.82. The first-order chi connectivity index (χ1) is 5.76. The molecule has 12 heavy (non-hydrogen) atoms. The summed E-state index contributed by atoms with van der Waals surface area (Å²) in [5.41, 5.74) is 0. The second-order valence-electron chi connectivity index (χ2n) is 3.02. The monoisotopic (exact) mass is 235 g/mol. The van der Waals surface area contributed by atoms with Crippen LogP contribution in [0.3, 0.4) is 0 Å². The molecule has 0 unspecified atom stereocenters. The molecule has 0 aliphatic rings. The van der Waals surface area contributed by atoms with E-state index in [0.717, 1.165) is 13.1 Å². The summed E-state index contributed by atoms with van der Waals surface area (Å²) in [6.45, 7) is 8.92. The molecule has 0 heterocycles. The van der Waals surface area contributed by atoms with E-state index in [-0.39, 0.29) is 0 Å². The molecule has 0 spiro atoms. The number of nitrogens with zero attached hydrogens (tertiary/aromatic N) is 1. The SMILES string of the molecule is CCCCCC(=[Se])N(CC)CC. The molecule has 0 aromatic rings. The van der Waals surface area contributed by atoms with E-state index in [2.05, 4.69) is 41.2 Å². The summed E-state index contributed by atoms with van der Waals surface area (Å²) >= 11 is 3.18. The molecule has 1 nitrogen and oxygen atoms in total. The van der Waals surface area contributed by atoms with E-state index in [9.17, 15) is 0 Å². The molecule has 0 aromatic carbocycles. The van der Waals surface area contributed by atoms with Crippen molar-refractivity contribution in [2.75, 3.05) is 13.1 Å². The molecule has 0 saturated carbocycles. The van der Waals surface area contributed by atoms with Crippen LogP contribution in [-0.4, -0.2) is 38.1 Å². The fraction of sp³-hybridized carbons (Fsp3) is 0.900. The number of rotatable bonds is 7. The molecule has 0 aliphatic heterocycles. The third kappa shape index (κ3) is 4.95. The van der Waals surface area contributed by atoms with Crippen molar-refractivity contribution in [2.45, 2.75) is 46.5 Å². The van der Waals surface area contributed by atoms with Gasteiger partial charge >= 0.3 is 84.6 Å². The summed E-state index contributed by atoms with van der Waals surface area (Å²) in [6, 6.07) is 0. The average Bonchev–Trinajstić information content (AvgIpc) is 2.07. The van der Waals surface area contributed by atoms with Gasteiger partial charge in [0.25, 0.3) is 0 Å². The van der Waals surface area contributed by atoms with Crippen LogP contribution in [-0.2, 0) is 0 Å². The molecule has 0 aromatic heterocycles. The van der Waals surface area contributed by atoms with Crippen molar-refractivity contribution in [3.63, 3.8) is 0 Å². The Morgan fingerprint density at radius 1 is 1.08 bits per heavy atom. The quantitative estimate of drug-likeness (QED) is 0.482. The fourth-order valence-electron chi connectivity index (χ4n) is 1.26. The van der Waals surface area contributed by atoms with Gasteiger partial charge in [-0.05, 0) is 0 Å². The van der Waals surface area contributed by atoms with E-state index in [1.807, 2.05) is 0 Å². The Labute approximate surface area is 84.9 Å². The Balaban J connectivity index is 3.54. The van der Waals surface area contributed by atoms with Crippen LogP contribution < -0.4 is 0 Å². The Morgan fingerprint density at radius 3 is 2.08 bits per heavy atom. The molecule has 72 valence electrons. The Bertz CT molecular complexity index is 119.